The molecule has 1 fully saturated rings. The molecule has 3 heterocycles. The molecule has 0 radical (unpaired) electrons. The Morgan fingerprint density at radius 1 is 1.24 bits per heavy atom. The van der Waals surface area contributed by atoms with Crippen molar-refractivity contribution in [2.45, 2.75) is 19.5 Å². The van der Waals surface area contributed by atoms with Crippen LogP contribution in [0.5, 0.6) is 0 Å². The molecule has 0 unspecified atom stereocenters. The van der Waals surface area contributed by atoms with Crippen molar-refractivity contribution in [2.75, 3.05) is 38.2 Å². The SMILES string of the molecule is Cc1oc2ccccc2c1C(=N)c1cnc(C(=O)N2CCCOCC2)cc1NCC(F)(F)F. The number of amides is 1. The van der Waals surface area contributed by atoms with Crippen LogP contribution in [0, 0.1) is 12.3 Å². The summed E-state index contributed by atoms with van der Waals surface area (Å²) in [6.45, 7) is 2.17. The Hall–Kier alpha value is -3.40. The molecular weight excluding hydrogens is 437 g/mol. The highest BCUT2D eigenvalue weighted by molar-refractivity contribution is 6.20. The van der Waals surface area contributed by atoms with Gasteiger partial charge in [0, 0.05) is 48.1 Å². The van der Waals surface area contributed by atoms with E-state index < -0.39 is 18.6 Å². The van der Waals surface area contributed by atoms with Gasteiger partial charge in [0.2, 0.25) is 0 Å². The fourth-order valence-electron chi connectivity index (χ4n) is 3.84. The molecule has 2 aromatic heterocycles. The van der Waals surface area contributed by atoms with Crippen LogP contribution in [0.15, 0.2) is 40.9 Å². The first-order valence-electron chi connectivity index (χ1n) is 10.5. The van der Waals surface area contributed by atoms with Gasteiger partial charge in [-0.05, 0) is 25.5 Å². The lowest BCUT2D eigenvalue weighted by Gasteiger charge is -2.20. The number of carbonyl (C=O) groups excluding carboxylic acids is 1. The largest absolute Gasteiger partial charge is 0.461 e. The number of benzene rings is 1. The van der Waals surface area contributed by atoms with Gasteiger partial charge in [0.05, 0.1) is 12.3 Å². The molecule has 0 bridgehead atoms. The van der Waals surface area contributed by atoms with E-state index in [0.717, 1.165) is 0 Å². The van der Waals surface area contributed by atoms with E-state index >= 15 is 0 Å². The molecule has 3 aromatic rings. The molecule has 2 N–H and O–H groups in total. The van der Waals surface area contributed by atoms with Crippen molar-refractivity contribution in [3.63, 3.8) is 0 Å². The number of nitrogens with zero attached hydrogens (tertiary/aromatic N) is 2. The van der Waals surface area contributed by atoms with E-state index in [9.17, 15) is 18.0 Å². The summed E-state index contributed by atoms with van der Waals surface area (Å²) < 4.78 is 50.0. The number of furan rings is 1. The third-order valence-corrected chi connectivity index (χ3v) is 5.40. The van der Waals surface area contributed by atoms with Crippen molar-refractivity contribution in [1.29, 1.82) is 5.41 Å². The van der Waals surface area contributed by atoms with Crippen molar-refractivity contribution in [2.24, 2.45) is 0 Å². The summed E-state index contributed by atoms with van der Waals surface area (Å²) >= 11 is 0. The van der Waals surface area contributed by atoms with Gasteiger partial charge in [-0.3, -0.25) is 15.2 Å². The van der Waals surface area contributed by atoms with Gasteiger partial charge in [0.25, 0.3) is 5.91 Å². The summed E-state index contributed by atoms with van der Waals surface area (Å²) in [5.41, 5.74) is 1.15. The van der Waals surface area contributed by atoms with Crippen LogP contribution < -0.4 is 5.32 Å². The van der Waals surface area contributed by atoms with E-state index in [0.29, 0.717) is 55.0 Å². The Morgan fingerprint density at radius 3 is 2.82 bits per heavy atom. The normalized spacial score (nSPS) is 14.8. The first-order valence-corrected chi connectivity index (χ1v) is 10.5. The first-order chi connectivity index (χ1) is 15.7. The average Bonchev–Trinajstić information content (AvgIpc) is 2.93. The van der Waals surface area contributed by atoms with Crippen molar-refractivity contribution in [1.82, 2.24) is 9.88 Å². The summed E-state index contributed by atoms with van der Waals surface area (Å²) in [5.74, 6) is 0.0753. The Labute approximate surface area is 188 Å². The standard InChI is InChI=1S/C23H23F3N4O3/c1-14-20(15-5-2-3-6-19(15)33-14)21(27)16-12-28-18(11-17(16)29-13-23(24,25)26)22(31)30-7-4-9-32-10-8-30/h2-3,5-6,11-12,27H,4,7-10,13H2,1H3,(H,28,29). The highest BCUT2D eigenvalue weighted by atomic mass is 19.4. The Kier molecular flexibility index (Phi) is 6.37. The number of fused-ring (bicyclic) bond motifs is 1. The molecule has 1 saturated heterocycles. The van der Waals surface area contributed by atoms with Gasteiger partial charge in [0.1, 0.15) is 23.6 Å². The molecule has 1 amide bonds. The van der Waals surface area contributed by atoms with Gasteiger partial charge in [-0.15, -0.1) is 0 Å². The number of rotatable bonds is 5. The molecule has 33 heavy (non-hydrogen) atoms. The number of para-hydroxylation sites is 1. The molecule has 4 rings (SSSR count). The summed E-state index contributed by atoms with van der Waals surface area (Å²) in [6, 6.07) is 8.41. The second-order valence-electron chi connectivity index (χ2n) is 7.75. The van der Waals surface area contributed by atoms with Gasteiger partial charge in [-0.25, -0.2) is 0 Å². The molecule has 1 aliphatic heterocycles. The number of alkyl halides is 3. The quantitative estimate of drug-likeness (QED) is 0.551. The second-order valence-corrected chi connectivity index (χ2v) is 7.75. The fourth-order valence-corrected chi connectivity index (χ4v) is 3.84. The number of aryl methyl sites for hydroxylation is 1. The smallest absolute Gasteiger partial charge is 0.405 e. The van der Waals surface area contributed by atoms with E-state index in [1.165, 1.54) is 12.3 Å². The number of ether oxygens (including phenoxy) is 1. The summed E-state index contributed by atoms with van der Waals surface area (Å²) in [5, 5.41) is 11.8. The summed E-state index contributed by atoms with van der Waals surface area (Å²) in [6.07, 6.45) is -2.54. The van der Waals surface area contributed by atoms with E-state index in [4.69, 9.17) is 14.6 Å². The zero-order valence-corrected chi connectivity index (χ0v) is 18.0. The molecule has 1 aromatic carbocycles. The minimum absolute atomic E-state index is 0.00595. The average molecular weight is 460 g/mol. The number of nitrogens with one attached hydrogen (secondary N) is 2. The van der Waals surface area contributed by atoms with E-state index in [2.05, 4.69) is 10.3 Å². The number of aromatic nitrogens is 1. The van der Waals surface area contributed by atoms with Gasteiger partial charge in [-0.1, -0.05) is 18.2 Å². The molecule has 0 saturated carbocycles. The lowest BCUT2D eigenvalue weighted by molar-refractivity contribution is -0.115. The predicted octanol–water partition coefficient (Wildman–Crippen LogP) is 4.39. The maximum absolute atomic E-state index is 13.0. The number of anilines is 1. The van der Waals surface area contributed by atoms with Gasteiger partial charge >= 0.3 is 6.18 Å². The van der Waals surface area contributed by atoms with Gasteiger partial charge in [-0.2, -0.15) is 13.2 Å². The van der Waals surface area contributed by atoms with Crippen LogP contribution >= 0.6 is 0 Å². The van der Waals surface area contributed by atoms with Crippen LogP contribution in [0.1, 0.15) is 33.8 Å². The summed E-state index contributed by atoms with van der Waals surface area (Å²) in [7, 11) is 0. The topological polar surface area (TPSA) is 91.5 Å². The summed E-state index contributed by atoms with van der Waals surface area (Å²) in [4.78, 5) is 18.7. The van der Waals surface area contributed by atoms with Crippen LogP contribution in [0.3, 0.4) is 0 Å². The van der Waals surface area contributed by atoms with E-state index in [1.54, 1.807) is 36.1 Å². The Morgan fingerprint density at radius 2 is 2.03 bits per heavy atom. The molecule has 10 heteroatoms. The maximum atomic E-state index is 13.0. The maximum Gasteiger partial charge on any atom is 0.405 e. The zero-order chi connectivity index (χ0) is 23.6. The Balaban J connectivity index is 1.72. The molecule has 7 nitrogen and oxygen atoms in total. The van der Waals surface area contributed by atoms with Crippen molar-refractivity contribution < 1.29 is 27.1 Å². The Bertz CT molecular complexity index is 1180. The zero-order valence-electron chi connectivity index (χ0n) is 18.0. The highest BCUT2D eigenvalue weighted by Crippen LogP contribution is 2.30. The van der Waals surface area contributed by atoms with Crippen molar-refractivity contribution in [3.05, 3.63) is 59.1 Å². The third kappa shape index (κ3) is 5.00. The van der Waals surface area contributed by atoms with Crippen LogP contribution in [-0.4, -0.2) is 60.5 Å². The van der Waals surface area contributed by atoms with Crippen LogP contribution in [0.25, 0.3) is 11.0 Å². The first kappa shape index (κ1) is 22.8. The molecule has 0 spiro atoms. The third-order valence-electron chi connectivity index (χ3n) is 5.40. The monoisotopic (exact) mass is 460 g/mol. The number of halogens is 3. The van der Waals surface area contributed by atoms with Gasteiger partial charge < -0.3 is 19.4 Å². The molecular formula is C23H23F3N4O3. The number of hydrogen-bond acceptors (Lipinski definition) is 6. The predicted molar refractivity (Wildman–Crippen MR) is 117 cm³/mol. The minimum atomic E-state index is -4.48. The number of hydrogen-bond donors (Lipinski definition) is 2. The van der Waals surface area contributed by atoms with Crippen LogP contribution in [0.4, 0.5) is 18.9 Å². The number of carbonyl (C=O) groups is 1. The lowest BCUT2D eigenvalue weighted by Crippen LogP contribution is -2.34. The van der Waals surface area contributed by atoms with Crippen molar-refractivity contribution in [3.8, 4) is 0 Å². The number of pyridine rings is 1. The van der Waals surface area contributed by atoms with E-state index in [-0.39, 0.29) is 22.7 Å². The lowest BCUT2D eigenvalue weighted by atomic mass is 9.99. The molecule has 0 aliphatic carbocycles. The second kappa shape index (κ2) is 9.22. The fraction of sp³-hybridized carbons (Fsp3) is 0.348. The van der Waals surface area contributed by atoms with E-state index in [1.807, 2.05) is 0 Å². The molecule has 174 valence electrons. The van der Waals surface area contributed by atoms with Crippen molar-refractivity contribution >= 4 is 28.3 Å². The minimum Gasteiger partial charge on any atom is -0.461 e. The molecule has 1 aliphatic rings. The van der Waals surface area contributed by atoms with Gasteiger partial charge in [0.15, 0.2) is 0 Å². The van der Waals surface area contributed by atoms with Crippen LogP contribution in [0.2, 0.25) is 0 Å². The van der Waals surface area contributed by atoms with Crippen LogP contribution in [-0.2, 0) is 4.74 Å². The molecule has 0 atom stereocenters. The highest BCUT2D eigenvalue weighted by Gasteiger charge is 2.29.